The van der Waals surface area contributed by atoms with Crippen molar-refractivity contribution < 1.29 is 47.6 Å². The minimum atomic E-state index is -2.35. The van der Waals surface area contributed by atoms with Crippen LogP contribution in [0.2, 0.25) is 0 Å². The third-order valence-corrected chi connectivity index (χ3v) is 17.1. The molecule has 15 nitrogen and oxygen atoms in total. The number of aromatic amines is 1. The molecule has 1 saturated carbocycles. The van der Waals surface area contributed by atoms with Gasteiger partial charge in [-0.25, -0.2) is 14.0 Å². The summed E-state index contributed by atoms with van der Waals surface area (Å²) in [5.74, 6) is -2.19. The van der Waals surface area contributed by atoms with Crippen LogP contribution in [0.5, 0.6) is 5.75 Å². The maximum atomic E-state index is 15.7. The second-order valence-electron chi connectivity index (χ2n) is 20.3. The van der Waals surface area contributed by atoms with Crippen molar-refractivity contribution in [3.63, 3.8) is 0 Å². The maximum absolute atomic E-state index is 15.7. The Hall–Kier alpha value is -5.97. The van der Waals surface area contributed by atoms with E-state index in [9.17, 15) is 23.9 Å². The van der Waals surface area contributed by atoms with E-state index in [1.807, 2.05) is 55.3 Å². The van der Waals surface area contributed by atoms with Crippen LogP contribution in [0.4, 0.5) is 20.6 Å². The number of piperidine rings is 1. The van der Waals surface area contributed by atoms with E-state index in [4.69, 9.17) is 18.9 Å². The summed E-state index contributed by atoms with van der Waals surface area (Å²) in [6, 6.07) is 16.0. The van der Waals surface area contributed by atoms with Gasteiger partial charge in [0, 0.05) is 96.6 Å². The van der Waals surface area contributed by atoms with Gasteiger partial charge >= 0.3 is 23.9 Å². The van der Waals surface area contributed by atoms with Crippen LogP contribution in [-0.4, -0.2) is 134 Å². The van der Waals surface area contributed by atoms with Crippen molar-refractivity contribution >= 4 is 46.2 Å². The highest BCUT2D eigenvalue weighted by molar-refractivity contribution is 5.95. The summed E-state index contributed by atoms with van der Waals surface area (Å²) in [6.45, 7) is 8.44. The number of benzene rings is 3. The molecule has 4 aromatic rings. The number of amides is 2. The predicted molar refractivity (Wildman–Crippen MR) is 257 cm³/mol. The Morgan fingerprint density at radius 1 is 0.928 bits per heavy atom. The summed E-state index contributed by atoms with van der Waals surface area (Å²) in [4.78, 5) is 67.7. The molecule has 10 atom stereocenters. The van der Waals surface area contributed by atoms with Gasteiger partial charge in [-0.2, -0.15) is 0 Å². The topological polar surface area (TPSA) is 175 Å². The Morgan fingerprint density at radius 3 is 2.38 bits per heavy atom. The van der Waals surface area contributed by atoms with Crippen molar-refractivity contribution in [3.8, 4) is 5.75 Å². The van der Waals surface area contributed by atoms with Gasteiger partial charge in [-0.15, -0.1) is 0 Å². The number of nitrogens with zero attached hydrogens (tertiary/aromatic N) is 3. The van der Waals surface area contributed by atoms with Crippen molar-refractivity contribution in [1.82, 2.24) is 20.1 Å². The van der Waals surface area contributed by atoms with Crippen LogP contribution in [0, 0.1) is 17.2 Å². The quantitative estimate of drug-likeness (QED) is 0.0883. The molecule has 0 radical (unpaired) electrons. The number of aliphatic hydroxyl groups is 1. The first-order valence-electron chi connectivity index (χ1n) is 24.2. The minimum absolute atomic E-state index is 0.186. The Bertz CT molecular complexity index is 2760. The number of para-hydroxylation sites is 1. The number of nitrogens with one attached hydrogen (secondary N) is 3. The summed E-state index contributed by atoms with van der Waals surface area (Å²) < 4.78 is 38.0. The molecule has 2 saturated heterocycles. The van der Waals surface area contributed by atoms with Crippen LogP contribution in [-0.2, 0) is 45.8 Å². The second-order valence-corrected chi connectivity index (χ2v) is 20.3. The van der Waals surface area contributed by atoms with Crippen molar-refractivity contribution in [1.29, 1.82) is 0 Å². The molecule has 5 aliphatic heterocycles. The number of hydrogen-bond donors (Lipinski definition) is 4. The van der Waals surface area contributed by atoms with E-state index in [0.717, 1.165) is 22.0 Å². The zero-order valence-corrected chi connectivity index (χ0v) is 40.4. The van der Waals surface area contributed by atoms with E-state index in [1.54, 1.807) is 7.11 Å². The number of likely N-dealkylation sites (N-methyl/N-ethyl adjacent to an activating group) is 1. The zero-order chi connectivity index (χ0) is 48.8. The Balaban J connectivity index is 1.19. The van der Waals surface area contributed by atoms with Crippen LogP contribution in [0.15, 0.2) is 72.8 Å². The highest BCUT2D eigenvalue weighted by Crippen LogP contribution is 2.68. The largest absolute Gasteiger partial charge is 0.496 e. The number of carbonyl (C=O) groups excluding carboxylic acids is 4. The summed E-state index contributed by atoms with van der Waals surface area (Å²) in [7, 11) is 6.09. The summed E-state index contributed by atoms with van der Waals surface area (Å²) in [5.41, 5.74) is -1.46. The molecule has 3 aromatic carbocycles. The van der Waals surface area contributed by atoms with Gasteiger partial charge in [0.1, 0.15) is 17.0 Å². The molecule has 1 spiro atoms. The SMILES string of the molecule is CC[C@]1(NC(=O)Nc2ccc(F)cc2)C[C@H]2CN(CCc3c([nH]c4ccccc34)[C@@](C(=O)OC)(c3cc4c(cc3OC)N(C)[C@H]3[C@@](O)(C(=O)OC)[C@H](OC(C)=O)[C@]5(CC)C=CCN6CC[C@]43[C@@H]65)C2)C1. The average molecular weight is 947 g/mol. The van der Waals surface area contributed by atoms with Gasteiger partial charge in [0.15, 0.2) is 6.10 Å². The Morgan fingerprint density at radius 2 is 1.68 bits per heavy atom. The lowest BCUT2D eigenvalue weighted by Crippen LogP contribution is -2.81. The molecule has 2 bridgehead atoms. The molecule has 6 aliphatic rings. The molecule has 366 valence electrons. The zero-order valence-electron chi connectivity index (χ0n) is 40.4. The third-order valence-electron chi connectivity index (χ3n) is 17.1. The van der Waals surface area contributed by atoms with Gasteiger partial charge in [-0.3, -0.25) is 14.5 Å². The standard InChI is InChI=1S/C53H63FN6O9/c1-8-49(57-48(64)55-34-17-15-33(54)16-18-34)27-32-28-52(46(62)67-6,42-36(19-23-59(29-32)30-49)35-13-10-11-14-39(35)56-42)38-25-37-40(26-41(38)66-5)58(4)44-51(37)21-24-60-22-12-20-50(9-2,43(51)60)45(69-31(3)61)53(44,65)47(63)68-7/h10-18,20,25-26,32,43-45,56,65H,8-9,19,21-24,27-30H2,1-7H3,(H2,55,57,64)/t32-,43+,44-,45-,49+,50-,51-,52+,53+/m1/s1. The lowest BCUT2D eigenvalue weighted by Gasteiger charge is -2.63. The number of anilines is 2. The lowest BCUT2D eigenvalue weighted by molar-refractivity contribution is -0.228. The van der Waals surface area contributed by atoms with Gasteiger partial charge in [0.25, 0.3) is 0 Å². The van der Waals surface area contributed by atoms with Gasteiger partial charge in [-0.05, 0) is 98.5 Å². The molecule has 6 heterocycles. The molecule has 2 amide bonds. The lowest BCUT2D eigenvalue weighted by atomic mass is 9.47. The van der Waals surface area contributed by atoms with E-state index < -0.39 is 69.3 Å². The fraction of sp³-hybridized carbons (Fsp3) is 0.509. The van der Waals surface area contributed by atoms with Gasteiger partial charge in [0.2, 0.25) is 5.60 Å². The number of urea groups is 1. The molecular formula is C53H63FN6O9. The highest BCUT2D eigenvalue weighted by atomic mass is 19.1. The number of esters is 3. The number of halogens is 1. The van der Waals surface area contributed by atoms with Crippen molar-refractivity contribution in [2.45, 2.75) is 99.5 Å². The number of carbonyl (C=O) groups is 4. The maximum Gasteiger partial charge on any atom is 0.344 e. The van der Waals surface area contributed by atoms with E-state index in [-0.39, 0.29) is 18.4 Å². The fourth-order valence-electron chi connectivity index (χ4n) is 14.6. The molecule has 4 N–H and O–H groups in total. The summed E-state index contributed by atoms with van der Waals surface area (Å²) in [5, 5.41) is 20.7. The van der Waals surface area contributed by atoms with Crippen LogP contribution in [0.1, 0.15) is 75.3 Å². The number of H-pyrrole nitrogens is 1. The number of rotatable bonds is 9. The van der Waals surface area contributed by atoms with Crippen LogP contribution in [0.25, 0.3) is 10.9 Å². The summed E-state index contributed by atoms with van der Waals surface area (Å²) >= 11 is 0. The Kier molecular flexibility index (Phi) is 11.4. The monoisotopic (exact) mass is 946 g/mol. The van der Waals surface area contributed by atoms with Crippen LogP contribution in [0.3, 0.4) is 0 Å². The van der Waals surface area contributed by atoms with E-state index in [1.165, 1.54) is 45.4 Å². The second kappa shape index (κ2) is 16.9. The van der Waals surface area contributed by atoms with Gasteiger partial charge < -0.3 is 49.5 Å². The molecule has 1 unspecified atom stereocenters. The first-order chi connectivity index (χ1) is 33.1. The van der Waals surface area contributed by atoms with E-state index in [0.29, 0.717) is 93.2 Å². The van der Waals surface area contributed by atoms with Crippen LogP contribution < -0.4 is 20.3 Å². The Labute approximate surface area is 401 Å². The van der Waals surface area contributed by atoms with Crippen molar-refractivity contribution in [2.24, 2.45) is 11.3 Å². The number of fused-ring (bicyclic) bond motifs is 6. The first kappa shape index (κ1) is 46.7. The third kappa shape index (κ3) is 6.67. The smallest absolute Gasteiger partial charge is 0.344 e. The average Bonchev–Trinajstić information content (AvgIpc) is 4.01. The molecule has 3 fully saturated rings. The van der Waals surface area contributed by atoms with Crippen LogP contribution >= 0.6 is 0 Å². The van der Waals surface area contributed by atoms with E-state index in [2.05, 4.69) is 44.5 Å². The molecule has 69 heavy (non-hydrogen) atoms. The van der Waals surface area contributed by atoms with Crippen molar-refractivity contribution in [2.75, 3.05) is 71.3 Å². The first-order valence-corrected chi connectivity index (χ1v) is 24.2. The molecule has 1 aromatic heterocycles. The number of methoxy groups -OCH3 is 3. The van der Waals surface area contributed by atoms with Gasteiger partial charge in [0.05, 0.1) is 32.9 Å². The highest BCUT2D eigenvalue weighted by Gasteiger charge is 2.80. The normalized spacial score (nSPS) is 33.1. The minimum Gasteiger partial charge on any atom is -0.496 e. The van der Waals surface area contributed by atoms with Crippen molar-refractivity contribution in [3.05, 3.63) is 101 Å². The molecular weight excluding hydrogens is 884 g/mol. The molecule has 10 rings (SSSR count). The predicted octanol–water partition coefficient (Wildman–Crippen LogP) is 5.96. The number of aromatic nitrogens is 1. The van der Waals surface area contributed by atoms with E-state index >= 15 is 4.79 Å². The molecule has 16 heteroatoms. The fourth-order valence-corrected chi connectivity index (χ4v) is 14.6. The van der Waals surface area contributed by atoms with Gasteiger partial charge in [-0.1, -0.05) is 44.2 Å². The number of hydrogen-bond acceptors (Lipinski definition) is 12. The molecule has 1 aliphatic carbocycles. The summed E-state index contributed by atoms with van der Waals surface area (Å²) in [6.07, 6.45) is 5.69. The number of ether oxygens (including phenoxy) is 4.